The van der Waals surface area contributed by atoms with Crippen LogP contribution >= 0.6 is 23.2 Å². The number of rotatable bonds is 4. The van der Waals surface area contributed by atoms with E-state index in [1.165, 1.54) is 0 Å². The van der Waals surface area contributed by atoms with E-state index in [-0.39, 0.29) is 17.2 Å². The molecular weight excluding hydrogens is 311 g/mol. The van der Waals surface area contributed by atoms with E-state index >= 15 is 0 Å². The molecule has 0 aliphatic carbocycles. The van der Waals surface area contributed by atoms with E-state index in [1.54, 1.807) is 42.5 Å². The van der Waals surface area contributed by atoms with Crippen molar-refractivity contribution < 1.29 is 9.53 Å². The summed E-state index contributed by atoms with van der Waals surface area (Å²) in [6.07, 6.45) is 0. The number of carbonyl (C=O) groups excluding carboxylic acids is 1. The monoisotopic (exact) mass is 320 g/mol. The number of hydrogen-bond acceptors (Lipinski definition) is 3. The van der Waals surface area contributed by atoms with Gasteiger partial charge in [0.25, 0.3) is 5.91 Å². The topological polar surface area (TPSA) is 62.1 Å². The summed E-state index contributed by atoms with van der Waals surface area (Å²) in [5, 5.41) is 11.7. The third kappa shape index (κ3) is 3.66. The van der Waals surface area contributed by atoms with Gasteiger partial charge in [0.1, 0.15) is 11.8 Å². The van der Waals surface area contributed by atoms with Crippen molar-refractivity contribution in [3.63, 3.8) is 0 Å². The first kappa shape index (κ1) is 15.2. The Morgan fingerprint density at radius 3 is 2.71 bits per heavy atom. The summed E-state index contributed by atoms with van der Waals surface area (Å²) in [5.74, 6) is 0.000980. The fourth-order valence-corrected chi connectivity index (χ4v) is 2.06. The molecule has 2 aromatic carbocycles. The maximum atomic E-state index is 12.2. The molecule has 0 fully saturated rings. The maximum Gasteiger partial charge on any atom is 0.257 e. The van der Waals surface area contributed by atoms with Crippen molar-refractivity contribution in [1.29, 1.82) is 5.26 Å². The summed E-state index contributed by atoms with van der Waals surface area (Å²) in [6.45, 7) is -0.106. The molecule has 6 heteroatoms. The maximum absolute atomic E-state index is 12.2. The molecule has 2 aromatic rings. The van der Waals surface area contributed by atoms with Gasteiger partial charge >= 0.3 is 0 Å². The van der Waals surface area contributed by atoms with Crippen LogP contribution < -0.4 is 10.1 Å². The predicted octanol–water partition coefficient (Wildman–Crippen LogP) is 4.15. The lowest BCUT2D eigenvalue weighted by molar-refractivity contribution is 0.102. The molecule has 4 nitrogen and oxygen atoms in total. The highest BCUT2D eigenvalue weighted by molar-refractivity contribution is 6.44. The molecule has 0 atom stereocenters. The Balaban J connectivity index is 2.24. The van der Waals surface area contributed by atoms with Crippen molar-refractivity contribution >= 4 is 34.8 Å². The first-order chi connectivity index (χ1) is 10.1. The number of para-hydroxylation sites is 2. The number of nitriles is 1. The molecule has 2 rings (SSSR count). The standard InChI is InChI=1S/C15H10Cl2N2O2/c16-11-5-3-4-10(14(11)17)15(20)19-12-6-1-2-7-13(12)21-9-8-18/h1-7H,9H2,(H,19,20). The van der Waals surface area contributed by atoms with Crippen molar-refractivity contribution in [2.75, 3.05) is 11.9 Å². The number of anilines is 1. The number of ether oxygens (including phenoxy) is 1. The number of hydrogen-bond donors (Lipinski definition) is 1. The lowest BCUT2D eigenvalue weighted by Gasteiger charge is -2.11. The first-order valence-electron chi connectivity index (χ1n) is 5.97. The molecule has 21 heavy (non-hydrogen) atoms. The molecule has 0 radical (unpaired) electrons. The van der Waals surface area contributed by atoms with E-state index in [1.807, 2.05) is 6.07 Å². The van der Waals surface area contributed by atoms with Gasteiger partial charge < -0.3 is 10.1 Å². The largest absolute Gasteiger partial charge is 0.477 e. The average Bonchev–Trinajstić information content (AvgIpc) is 2.49. The predicted molar refractivity (Wildman–Crippen MR) is 82.0 cm³/mol. The van der Waals surface area contributed by atoms with Crippen molar-refractivity contribution in [2.24, 2.45) is 0 Å². The van der Waals surface area contributed by atoms with Gasteiger partial charge in [-0.05, 0) is 24.3 Å². The Labute approximate surface area is 131 Å². The van der Waals surface area contributed by atoms with Gasteiger partial charge in [0, 0.05) is 0 Å². The minimum atomic E-state index is -0.407. The van der Waals surface area contributed by atoms with E-state index < -0.39 is 5.91 Å². The fraction of sp³-hybridized carbons (Fsp3) is 0.0667. The summed E-state index contributed by atoms with van der Waals surface area (Å²) in [7, 11) is 0. The zero-order valence-electron chi connectivity index (χ0n) is 10.8. The van der Waals surface area contributed by atoms with Crippen LogP contribution in [0.25, 0.3) is 0 Å². The quantitative estimate of drug-likeness (QED) is 0.920. The van der Waals surface area contributed by atoms with Crippen LogP contribution in [0.3, 0.4) is 0 Å². The number of carbonyl (C=O) groups is 1. The summed E-state index contributed by atoms with van der Waals surface area (Å²) in [6, 6.07) is 13.5. The number of nitrogens with zero attached hydrogens (tertiary/aromatic N) is 1. The van der Waals surface area contributed by atoms with Crippen LogP contribution in [0.15, 0.2) is 42.5 Å². The molecule has 0 unspecified atom stereocenters. The minimum absolute atomic E-state index is 0.106. The van der Waals surface area contributed by atoms with Crippen molar-refractivity contribution in [3.05, 3.63) is 58.1 Å². The van der Waals surface area contributed by atoms with Crippen LogP contribution in [0, 0.1) is 11.3 Å². The van der Waals surface area contributed by atoms with E-state index in [0.29, 0.717) is 16.5 Å². The third-order valence-corrected chi connectivity index (χ3v) is 3.44. The molecule has 0 heterocycles. The average molecular weight is 321 g/mol. The second-order valence-electron chi connectivity index (χ2n) is 4.00. The van der Waals surface area contributed by atoms with E-state index in [2.05, 4.69) is 5.32 Å². The molecule has 0 aromatic heterocycles. The van der Waals surface area contributed by atoms with Crippen molar-refractivity contribution in [1.82, 2.24) is 0 Å². The Kier molecular flexibility index (Phi) is 5.04. The van der Waals surface area contributed by atoms with Crippen LogP contribution in [-0.4, -0.2) is 12.5 Å². The number of benzene rings is 2. The van der Waals surface area contributed by atoms with Gasteiger partial charge in [0.2, 0.25) is 0 Å². The highest BCUT2D eigenvalue weighted by Crippen LogP contribution is 2.28. The lowest BCUT2D eigenvalue weighted by Crippen LogP contribution is -2.13. The molecule has 0 bridgehead atoms. The van der Waals surface area contributed by atoms with E-state index in [0.717, 1.165) is 0 Å². The summed E-state index contributed by atoms with van der Waals surface area (Å²) in [5.41, 5.74) is 0.716. The molecule has 0 aliphatic rings. The number of amides is 1. The Hall–Kier alpha value is -2.22. The number of nitrogens with one attached hydrogen (secondary N) is 1. The molecule has 1 amide bonds. The van der Waals surface area contributed by atoms with Gasteiger partial charge in [0.05, 0.1) is 21.3 Å². The van der Waals surface area contributed by atoms with Crippen LogP contribution in [0.4, 0.5) is 5.69 Å². The lowest BCUT2D eigenvalue weighted by atomic mass is 10.2. The second kappa shape index (κ2) is 6.98. The smallest absolute Gasteiger partial charge is 0.257 e. The molecule has 106 valence electrons. The zero-order chi connectivity index (χ0) is 15.2. The fourth-order valence-electron chi connectivity index (χ4n) is 1.67. The van der Waals surface area contributed by atoms with Gasteiger partial charge in [-0.25, -0.2) is 0 Å². The Morgan fingerprint density at radius 1 is 1.19 bits per heavy atom. The van der Waals surface area contributed by atoms with Crippen LogP contribution in [0.2, 0.25) is 10.0 Å². The highest BCUT2D eigenvalue weighted by Gasteiger charge is 2.14. The van der Waals surface area contributed by atoms with E-state index in [4.69, 9.17) is 33.2 Å². The Bertz CT molecular complexity index is 711. The highest BCUT2D eigenvalue weighted by atomic mass is 35.5. The van der Waals surface area contributed by atoms with Crippen molar-refractivity contribution in [3.8, 4) is 11.8 Å². The van der Waals surface area contributed by atoms with Crippen LogP contribution in [0.5, 0.6) is 5.75 Å². The van der Waals surface area contributed by atoms with Crippen LogP contribution in [-0.2, 0) is 0 Å². The molecule has 1 N–H and O–H groups in total. The van der Waals surface area contributed by atoms with Gasteiger partial charge in [-0.2, -0.15) is 5.26 Å². The van der Waals surface area contributed by atoms with Crippen molar-refractivity contribution in [2.45, 2.75) is 0 Å². The molecule has 0 spiro atoms. The third-order valence-electron chi connectivity index (χ3n) is 2.62. The first-order valence-corrected chi connectivity index (χ1v) is 6.73. The van der Waals surface area contributed by atoms with Gasteiger partial charge in [-0.1, -0.05) is 41.4 Å². The van der Waals surface area contributed by atoms with Gasteiger partial charge in [-0.15, -0.1) is 0 Å². The Morgan fingerprint density at radius 2 is 1.95 bits per heavy atom. The van der Waals surface area contributed by atoms with Gasteiger partial charge in [-0.3, -0.25) is 4.79 Å². The van der Waals surface area contributed by atoms with Crippen LogP contribution in [0.1, 0.15) is 10.4 Å². The number of halogens is 2. The summed E-state index contributed by atoms with van der Waals surface area (Å²) in [4.78, 5) is 12.2. The van der Waals surface area contributed by atoms with E-state index in [9.17, 15) is 4.79 Å². The molecule has 0 saturated carbocycles. The molecule has 0 saturated heterocycles. The molecular formula is C15H10Cl2N2O2. The SMILES string of the molecule is N#CCOc1ccccc1NC(=O)c1cccc(Cl)c1Cl. The zero-order valence-corrected chi connectivity index (χ0v) is 12.3. The normalized spacial score (nSPS) is 9.76. The minimum Gasteiger partial charge on any atom is -0.477 e. The summed E-state index contributed by atoms with van der Waals surface area (Å²) >= 11 is 11.9. The summed E-state index contributed by atoms with van der Waals surface area (Å²) < 4.78 is 5.24. The molecule has 0 aliphatic heterocycles. The van der Waals surface area contributed by atoms with Gasteiger partial charge in [0.15, 0.2) is 6.61 Å². The second-order valence-corrected chi connectivity index (χ2v) is 4.78.